The van der Waals surface area contributed by atoms with Crippen LogP contribution in [0.5, 0.6) is 0 Å². The number of nitrogens with zero attached hydrogens (tertiary/aromatic N) is 2. The first-order valence-electron chi connectivity index (χ1n) is 6.18. The van der Waals surface area contributed by atoms with Crippen molar-refractivity contribution in [2.24, 2.45) is 0 Å². The maximum atomic E-state index is 2.68. The molecular formula is C12H24N2. The lowest BCUT2D eigenvalue weighted by atomic mass is 10.0. The summed E-state index contributed by atoms with van der Waals surface area (Å²) in [6.45, 7) is 2.59. The van der Waals surface area contributed by atoms with Crippen molar-refractivity contribution in [3.05, 3.63) is 0 Å². The van der Waals surface area contributed by atoms with Crippen LogP contribution in [0.15, 0.2) is 0 Å². The van der Waals surface area contributed by atoms with E-state index in [-0.39, 0.29) is 0 Å². The van der Waals surface area contributed by atoms with Crippen molar-refractivity contribution in [2.75, 3.05) is 27.2 Å². The second kappa shape index (κ2) is 4.63. The third-order valence-electron chi connectivity index (χ3n) is 4.16. The normalized spacial score (nSPS) is 27.6. The van der Waals surface area contributed by atoms with E-state index in [1.807, 2.05) is 0 Å². The quantitative estimate of drug-likeness (QED) is 0.666. The summed E-state index contributed by atoms with van der Waals surface area (Å²) in [7, 11) is 4.60. The van der Waals surface area contributed by atoms with Crippen molar-refractivity contribution in [2.45, 2.75) is 50.6 Å². The molecule has 2 heteroatoms. The molecule has 0 bridgehead atoms. The van der Waals surface area contributed by atoms with Crippen molar-refractivity contribution in [3.8, 4) is 0 Å². The van der Waals surface area contributed by atoms with Gasteiger partial charge in [0.1, 0.15) is 0 Å². The van der Waals surface area contributed by atoms with E-state index in [0.717, 1.165) is 12.1 Å². The molecule has 0 aromatic carbocycles. The summed E-state index contributed by atoms with van der Waals surface area (Å²) in [6, 6.07) is 1.78. The topological polar surface area (TPSA) is 6.48 Å². The fourth-order valence-electron chi connectivity index (χ4n) is 3.01. The minimum atomic E-state index is 0.870. The van der Waals surface area contributed by atoms with Crippen molar-refractivity contribution in [3.63, 3.8) is 0 Å². The second-order valence-corrected chi connectivity index (χ2v) is 5.14. The van der Waals surface area contributed by atoms with E-state index in [1.165, 1.54) is 51.6 Å². The van der Waals surface area contributed by atoms with E-state index in [4.69, 9.17) is 0 Å². The molecule has 0 unspecified atom stereocenters. The molecule has 2 aliphatic rings. The number of piperidine rings is 1. The number of rotatable bonds is 2. The Kier molecular flexibility index (Phi) is 3.45. The van der Waals surface area contributed by atoms with Gasteiger partial charge in [0, 0.05) is 12.1 Å². The first kappa shape index (κ1) is 10.4. The number of hydrogen-bond donors (Lipinski definition) is 0. The SMILES string of the molecule is CN1CCC(N(C)C2CCCC2)CC1. The summed E-state index contributed by atoms with van der Waals surface area (Å²) < 4.78 is 0. The molecule has 2 fully saturated rings. The molecule has 1 aliphatic carbocycles. The molecule has 1 saturated heterocycles. The highest BCUT2D eigenvalue weighted by Crippen LogP contribution is 2.26. The van der Waals surface area contributed by atoms with Gasteiger partial charge in [-0.3, -0.25) is 0 Å². The largest absolute Gasteiger partial charge is 0.306 e. The van der Waals surface area contributed by atoms with Crippen molar-refractivity contribution in [1.29, 1.82) is 0 Å². The second-order valence-electron chi connectivity index (χ2n) is 5.14. The van der Waals surface area contributed by atoms with Crippen molar-refractivity contribution < 1.29 is 0 Å². The van der Waals surface area contributed by atoms with Gasteiger partial charge in [-0.1, -0.05) is 12.8 Å². The average molecular weight is 196 g/mol. The Morgan fingerprint density at radius 3 is 2.00 bits per heavy atom. The predicted molar refractivity (Wildman–Crippen MR) is 60.5 cm³/mol. The van der Waals surface area contributed by atoms with Crippen LogP contribution in [0.4, 0.5) is 0 Å². The smallest absolute Gasteiger partial charge is 0.0119 e. The third-order valence-corrected chi connectivity index (χ3v) is 4.16. The monoisotopic (exact) mass is 196 g/mol. The molecule has 14 heavy (non-hydrogen) atoms. The lowest BCUT2D eigenvalue weighted by molar-refractivity contribution is 0.109. The van der Waals surface area contributed by atoms with Gasteiger partial charge in [0.05, 0.1) is 0 Å². The van der Waals surface area contributed by atoms with Gasteiger partial charge in [0.15, 0.2) is 0 Å². The van der Waals surface area contributed by atoms with E-state index in [2.05, 4.69) is 23.9 Å². The molecule has 0 radical (unpaired) electrons. The zero-order valence-electron chi connectivity index (χ0n) is 9.71. The molecule has 0 aromatic heterocycles. The van der Waals surface area contributed by atoms with Crippen LogP contribution in [-0.4, -0.2) is 49.1 Å². The van der Waals surface area contributed by atoms with Crippen LogP contribution in [0.2, 0.25) is 0 Å². The summed E-state index contributed by atoms with van der Waals surface area (Å²) in [4.78, 5) is 5.14. The van der Waals surface area contributed by atoms with Gasteiger partial charge in [-0.05, 0) is 52.9 Å². The van der Waals surface area contributed by atoms with E-state index in [0.29, 0.717) is 0 Å². The Morgan fingerprint density at radius 1 is 0.929 bits per heavy atom. The van der Waals surface area contributed by atoms with Gasteiger partial charge in [-0.15, -0.1) is 0 Å². The lowest BCUT2D eigenvalue weighted by Gasteiger charge is -2.38. The zero-order chi connectivity index (χ0) is 9.97. The summed E-state index contributed by atoms with van der Waals surface area (Å²) in [6.07, 6.45) is 8.57. The highest BCUT2D eigenvalue weighted by Gasteiger charge is 2.27. The van der Waals surface area contributed by atoms with Crippen LogP contribution in [-0.2, 0) is 0 Å². The van der Waals surface area contributed by atoms with Crippen molar-refractivity contribution in [1.82, 2.24) is 9.80 Å². The number of likely N-dealkylation sites (tertiary alicyclic amines) is 1. The molecule has 0 spiro atoms. The van der Waals surface area contributed by atoms with Crippen LogP contribution in [0.1, 0.15) is 38.5 Å². The van der Waals surface area contributed by atoms with Crippen LogP contribution >= 0.6 is 0 Å². The Hall–Kier alpha value is -0.0800. The van der Waals surface area contributed by atoms with Gasteiger partial charge < -0.3 is 9.80 Å². The predicted octanol–water partition coefficient (Wildman–Crippen LogP) is 1.95. The maximum absolute atomic E-state index is 2.68. The molecule has 0 atom stereocenters. The van der Waals surface area contributed by atoms with E-state index < -0.39 is 0 Å². The maximum Gasteiger partial charge on any atom is 0.0119 e. The minimum absolute atomic E-state index is 0.870. The fourth-order valence-corrected chi connectivity index (χ4v) is 3.01. The molecule has 82 valence electrons. The summed E-state index contributed by atoms with van der Waals surface area (Å²) >= 11 is 0. The molecule has 2 rings (SSSR count). The molecule has 0 amide bonds. The van der Waals surface area contributed by atoms with Crippen LogP contribution < -0.4 is 0 Å². The highest BCUT2D eigenvalue weighted by atomic mass is 15.2. The Morgan fingerprint density at radius 2 is 1.43 bits per heavy atom. The molecule has 1 saturated carbocycles. The Balaban J connectivity index is 1.82. The molecule has 2 nitrogen and oxygen atoms in total. The molecule has 1 aliphatic heterocycles. The highest BCUT2D eigenvalue weighted by molar-refractivity contribution is 4.83. The van der Waals surface area contributed by atoms with Crippen LogP contribution in [0, 0.1) is 0 Å². The summed E-state index contributed by atoms with van der Waals surface area (Å²) in [5, 5.41) is 0. The Labute approximate surface area is 88.3 Å². The fraction of sp³-hybridized carbons (Fsp3) is 1.00. The zero-order valence-corrected chi connectivity index (χ0v) is 9.71. The van der Waals surface area contributed by atoms with Crippen LogP contribution in [0.3, 0.4) is 0 Å². The minimum Gasteiger partial charge on any atom is -0.306 e. The molecule has 1 heterocycles. The van der Waals surface area contributed by atoms with E-state index >= 15 is 0 Å². The standard InChI is InChI=1S/C12H24N2/c1-13-9-7-12(8-10-13)14(2)11-5-3-4-6-11/h11-12H,3-10H2,1-2H3. The van der Waals surface area contributed by atoms with E-state index in [9.17, 15) is 0 Å². The molecule has 0 aromatic rings. The summed E-state index contributed by atoms with van der Waals surface area (Å²) in [5.41, 5.74) is 0. The Bertz CT molecular complexity index is 167. The van der Waals surface area contributed by atoms with Gasteiger partial charge >= 0.3 is 0 Å². The first-order valence-corrected chi connectivity index (χ1v) is 6.18. The van der Waals surface area contributed by atoms with Crippen molar-refractivity contribution >= 4 is 0 Å². The van der Waals surface area contributed by atoms with Gasteiger partial charge in [0.25, 0.3) is 0 Å². The molecule has 0 N–H and O–H groups in total. The average Bonchev–Trinajstić information content (AvgIpc) is 2.71. The first-order chi connectivity index (χ1) is 6.77. The third kappa shape index (κ3) is 2.29. The van der Waals surface area contributed by atoms with Gasteiger partial charge in [-0.25, -0.2) is 0 Å². The molecular weight excluding hydrogens is 172 g/mol. The number of hydrogen-bond acceptors (Lipinski definition) is 2. The van der Waals surface area contributed by atoms with E-state index in [1.54, 1.807) is 0 Å². The van der Waals surface area contributed by atoms with Gasteiger partial charge in [0.2, 0.25) is 0 Å². The lowest BCUT2D eigenvalue weighted by Crippen LogP contribution is -2.45. The summed E-state index contributed by atoms with van der Waals surface area (Å²) in [5.74, 6) is 0. The van der Waals surface area contributed by atoms with Gasteiger partial charge in [-0.2, -0.15) is 0 Å². The van der Waals surface area contributed by atoms with Crippen LogP contribution in [0.25, 0.3) is 0 Å².